The lowest BCUT2D eigenvalue weighted by atomic mass is 10.4. The predicted molar refractivity (Wildman–Crippen MR) is 74.2 cm³/mol. The molecule has 2 N–H and O–H groups in total. The zero-order chi connectivity index (χ0) is 14.8. The maximum absolute atomic E-state index is 12.1. The first-order valence-corrected chi connectivity index (χ1v) is 6.85. The van der Waals surface area contributed by atoms with Gasteiger partial charge in [-0.05, 0) is 25.0 Å². The minimum atomic E-state index is -1.06. The van der Waals surface area contributed by atoms with Gasteiger partial charge < -0.3 is 19.6 Å². The van der Waals surface area contributed by atoms with Crippen LogP contribution in [0.3, 0.4) is 0 Å². The van der Waals surface area contributed by atoms with Gasteiger partial charge in [-0.25, -0.2) is 9.78 Å². The fraction of sp³-hybridized carbons (Fsp3) is 0.357. The van der Waals surface area contributed by atoms with E-state index in [1.165, 1.54) is 12.5 Å². The molecule has 0 aliphatic heterocycles. The molecule has 7 nitrogen and oxygen atoms in total. The molecule has 0 atom stereocenters. The molecule has 7 heteroatoms. The van der Waals surface area contributed by atoms with Gasteiger partial charge in [0.1, 0.15) is 5.69 Å². The van der Waals surface area contributed by atoms with Gasteiger partial charge in [0.2, 0.25) is 0 Å². The summed E-state index contributed by atoms with van der Waals surface area (Å²) in [4.78, 5) is 26.6. The van der Waals surface area contributed by atoms with Crippen LogP contribution in [-0.4, -0.2) is 37.6 Å². The molecule has 0 radical (unpaired) electrons. The van der Waals surface area contributed by atoms with Crippen LogP contribution in [0.5, 0.6) is 0 Å². The molecule has 1 aliphatic rings. The summed E-state index contributed by atoms with van der Waals surface area (Å²) in [6, 6.07) is 4.16. The molecule has 2 aromatic rings. The molecule has 0 bridgehead atoms. The number of aromatic nitrogens is 3. The SMILES string of the molecule is O=C(O)c1cn(CCNC(=O)c2cccn2C2CC2)cn1. The summed E-state index contributed by atoms with van der Waals surface area (Å²) < 4.78 is 3.65. The molecule has 1 aliphatic carbocycles. The number of nitrogens with one attached hydrogen (secondary N) is 1. The summed E-state index contributed by atoms with van der Waals surface area (Å²) in [6.07, 6.45) is 7.08. The van der Waals surface area contributed by atoms with Gasteiger partial charge in [0, 0.05) is 31.5 Å². The Kier molecular flexibility index (Phi) is 3.47. The Morgan fingerprint density at radius 3 is 2.90 bits per heavy atom. The third-order valence-electron chi connectivity index (χ3n) is 3.46. The highest BCUT2D eigenvalue weighted by Crippen LogP contribution is 2.35. The second kappa shape index (κ2) is 5.43. The number of carboxylic acids is 1. The van der Waals surface area contributed by atoms with E-state index in [-0.39, 0.29) is 11.6 Å². The molecule has 3 rings (SSSR count). The van der Waals surface area contributed by atoms with E-state index >= 15 is 0 Å². The van der Waals surface area contributed by atoms with Crippen LogP contribution in [0.2, 0.25) is 0 Å². The Bertz CT molecular complexity index is 669. The summed E-state index contributed by atoms with van der Waals surface area (Å²) in [5, 5.41) is 11.6. The monoisotopic (exact) mass is 288 g/mol. The molecule has 110 valence electrons. The number of hydrogen-bond acceptors (Lipinski definition) is 3. The van der Waals surface area contributed by atoms with E-state index in [9.17, 15) is 9.59 Å². The lowest BCUT2D eigenvalue weighted by molar-refractivity contribution is 0.0690. The van der Waals surface area contributed by atoms with Crippen molar-refractivity contribution in [1.29, 1.82) is 0 Å². The molecule has 1 fully saturated rings. The first-order valence-electron chi connectivity index (χ1n) is 6.85. The van der Waals surface area contributed by atoms with E-state index < -0.39 is 5.97 Å². The summed E-state index contributed by atoms with van der Waals surface area (Å²) in [6.45, 7) is 0.903. The van der Waals surface area contributed by atoms with Gasteiger partial charge in [0.05, 0.1) is 6.33 Å². The van der Waals surface area contributed by atoms with Crippen LogP contribution >= 0.6 is 0 Å². The third-order valence-corrected chi connectivity index (χ3v) is 3.46. The zero-order valence-electron chi connectivity index (χ0n) is 11.4. The number of nitrogens with zero attached hydrogens (tertiary/aromatic N) is 3. The van der Waals surface area contributed by atoms with Gasteiger partial charge in [0.25, 0.3) is 5.91 Å². The quantitative estimate of drug-likeness (QED) is 0.834. The average molecular weight is 288 g/mol. The first-order chi connectivity index (χ1) is 10.1. The number of carbonyl (C=O) groups excluding carboxylic acids is 1. The van der Waals surface area contributed by atoms with Crippen molar-refractivity contribution in [3.63, 3.8) is 0 Å². The van der Waals surface area contributed by atoms with Crippen LogP contribution in [-0.2, 0) is 6.54 Å². The largest absolute Gasteiger partial charge is 0.476 e. The van der Waals surface area contributed by atoms with E-state index in [1.807, 2.05) is 22.9 Å². The summed E-state index contributed by atoms with van der Waals surface area (Å²) in [7, 11) is 0. The fourth-order valence-corrected chi connectivity index (χ4v) is 2.24. The van der Waals surface area contributed by atoms with E-state index in [4.69, 9.17) is 5.11 Å². The van der Waals surface area contributed by atoms with Crippen molar-refractivity contribution in [2.45, 2.75) is 25.4 Å². The number of rotatable bonds is 6. The number of aromatic carboxylic acids is 1. The Labute approximate surface area is 121 Å². The molecule has 2 aromatic heterocycles. The first kappa shape index (κ1) is 13.4. The van der Waals surface area contributed by atoms with Gasteiger partial charge in [-0.3, -0.25) is 4.79 Å². The maximum atomic E-state index is 12.1. The lowest BCUT2D eigenvalue weighted by Crippen LogP contribution is -2.28. The summed E-state index contributed by atoms with van der Waals surface area (Å²) in [5.74, 6) is -1.16. The van der Waals surface area contributed by atoms with E-state index in [0.29, 0.717) is 24.8 Å². The van der Waals surface area contributed by atoms with Crippen LogP contribution in [0.25, 0.3) is 0 Å². The number of imidazole rings is 1. The number of hydrogen-bond donors (Lipinski definition) is 2. The minimum absolute atomic E-state index is 0.00364. The van der Waals surface area contributed by atoms with Crippen molar-refractivity contribution < 1.29 is 14.7 Å². The number of amides is 1. The molecule has 1 saturated carbocycles. The molecule has 1 amide bonds. The molecule has 0 spiro atoms. The average Bonchev–Trinajstić information content (AvgIpc) is 3.01. The van der Waals surface area contributed by atoms with Crippen molar-refractivity contribution in [3.05, 3.63) is 42.2 Å². The van der Waals surface area contributed by atoms with Crippen LogP contribution in [0, 0.1) is 0 Å². The Morgan fingerprint density at radius 1 is 1.43 bits per heavy atom. The topological polar surface area (TPSA) is 89.1 Å². The van der Waals surface area contributed by atoms with E-state index in [0.717, 1.165) is 12.8 Å². The van der Waals surface area contributed by atoms with Crippen molar-refractivity contribution >= 4 is 11.9 Å². The summed E-state index contributed by atoms with van der Waals surface area (Å²) in [5.41, 5.74) is 0.679. The lowest BCUT2D eigenvalue weighted by Gasteiger charge is -2.09. The molecule has 21 heavy (non-hydrogen) atoms. The zero-order valence-corrected chi connectivity index (χ0v) is 11.4. The van der Waals surface area contributed by atoms with Crippen molar-refractivity contribution in [2.24, 2.45) is 0 Å². The molecular weight excluding hydrogens is 272 g/mol. The molecule has 0 aromatic carbocycles. The molecule has 2 heterocycles. The maximum Gasteiger partial charge on any atom is 0.356 e. The third kappa shape index (κ3) is 2.96. The van der Waals surface area contributed by atoms with Gasteiger partial charge in [-0.15, -0.1) is 0 Å². The van der Waals surface area contributed by atoms with Crippen molar-refractivity contribution in [2.75, 3.05) is 6.54 Å². The van der Waals surface area contributed by atoms with Gasteiger partial charge in [-0.2, -0.15) is 0 Å². The van der Waals surface area contributed by atoms with Crippen LogP contribution in [0.4, 0.5) is 0 Å². The standard InChI is InChI=1S/C14H16N4O3/c19-13(12-2-1-6-18(12)10-3-4-10)15-5-7-17-8-11(14(20)21)16-9-17/h1-2,6,8-10H,3-5,7H2,(H,15,19)(H,20,21). The molecule has 0 unspecified atom stereocenters. The van der Waals surface area contributed by atoms with E-state index in [2.05, 4.69) is 10.3 Å². The highest BCUT2D eigenvalue weighted by molar-refractivity contribution is 5.92. The van der Waals surface area contributed by atoms with Crippen LogP contribution in [0.1, 0.15) is 39.9 Å². The summed E-state index contributed by atoms with van der Waals surface area (Å²) >= 11 is 0. The van der Waals surface area contributed by atoms with E-state index in [1.54, 1.807) is 4.57 Å². The second-order valence-electron chi connectivity index (χ2n) is 5.09. The molecule has 0 saturated heterocycles. The smallest absolute Gasteiger partial charge is 0.356 e. The number of carbonyl (C=O) groups is 2. The van der Waals surface area contributed by atoms with Crippen molar-refractivity contribution in [3.8, 4) is 0 Å². The number of carboxylic acid groups (broad SMARTS) is 1. The van der Waals surface area contributed by atoms with Crippen molar-refractivity contribution in [1.82, 2.24) is 19.4 Å². The van der Waals surface area contributed by atoms with Crippen LogP contribution in [0.15, 0.2) is 30.9 Å². The van der Waals surface area contributed by atoms with Crippen LogP contribution < -0.4 is 5.32 Å². The fourth-order valence-electron chi connectivity index (χ4n) is 2.24. The second-order valence-corrected chi connectivity index (χ2v) is 5.09. The Hall–Kier alpha value is -2.57. The predicted octanol–water partition coefficient (Wildman–Crippen LogP) is 1.15. The normalized spacial score (nSPS) is 14.1. The highest BCUT2D eigenvalue weighted by atomic mass is 16.4. The minimum Gasteiger partial charge on any atom is -0.476 e. The highest BCUT2D eigenvalue weighted by Gasteiger charge is 2.26. The Balaban J connectivity index is 1.53. The van der Waals surface area contributed by atoms with Gasteiger partial charge in [-0.1, -0.05) is 0 Å². The van der Waals surface area contributed by atoms with Gasteiger partial charge >= 0.3 is 5.97 Å². The van der Waals surface area contributed by atoms with Gasteiger partial charge in [0.15, 0.2) is 5.69 Å². The Morgan fingerprint density at radius 2 is 2.24 bits per heavy atom. The molecular formula is C14H16N4O3.